The van der Waals surface area contributed by atoms with Gasteiger partial charge in [0.05, 0.1) is 18.6 Å². The first-order valence-electron chi connectivity index (χ1n) is 10.3. The second-order valence-corrected chi connectivity index (χ2v) is 7.83. The molecule has 10 heteroatoms. The molecule has 164 valence electrons. The van der Waals surface area contributed by atoms with Gasteiger partial charge in [-0.1, -0.05) is 24.1 Å². The fourth-order valence-electron chi connectivity index (χ4n) is 4.25. The minimum absolute atomic E-state index is 0.225. The standard InChI is InChI=1S/C22H22N6O4/c1-2-22(31)18(30)16(10-29)32-21(22)28-12-27-17-19(25-11-26-20(17)28)23-8-7-13-9-24-15-6-4-3-5-14(13)15/h1,3-6,9,11-13,16,18,21,29-31H,7-8,10H2,(H,23,25,26)/t13?,16-,18-,21-,22-/m1/s1. The first-order chi connectivity index (χ1) is 15.6. The number of aliphatic hydroxyl groups excluding tert-OH is 2. The third-order valence-electron chi connectivity index (χ3n) is 5.98. The number of benzene rings is 1. The molecule has 2 aliphatic heterocycles. The number of fused-ring (bicyclic) bond motifs is 2. The summed E-state index contributed by atoms with van der Waals surface area (Å²) < 4.78 is 7.08. The molecule has 0 bridgehead atoms. The van der Waals surface area contributed by atoms with E-state index in [2.05, 4.69) is 37.2 Å². The molecule has 4 heterocycles. The number of hydrogen-bond acceptors (Lipinski definition) is 9. The molecule has 0 saturated carbocycles. The predicted octanol–water partition coefficient (Wildman–Crippen LogP) is 0.743. The van der Waals surface area contributed by atoms with Gasteiger partial charge in [-0.25, -0.2) is 15.0 Å². The van der Waals surface area contributed by atoms with Crippen molar-refractivity contribution in [2.24, 2.45) is 4.99 Å². The largest absolute Gasteiger partial charge is 0.394 e. The monoisotopic (exact) mass is 434 g/mol. The van der Waals surface area contributed by atoms with Crippen LogP contribution in [0.4, 0.5) is 11.5 Å². The van der Waals surface area contributed by atoms with Crippen LogP contribution in [0.1, 0.15) is 24.1 Å². The van der Waals surface area contributed by atoms with Crippen LogP contribution in [-0.4, -0.2) is 72.0 Å². The van der Waals surface area contributed by atoms with Gasteiger partial charge < -0.3 is 25.4 Å². The summed E-state index contributed by atoms with van der Waals surface area (Å²) in [6.07, 6.45) is 7.40. The van der Waals surface area contributed by atoms with Crippen molar-refractivity contribution in [2.75, 3.05) is 18.5 Å². The van der Waals surface area contributed by atoms with Crippen molar-refractivity contribution >= 4 is 28.9 Å². The van der Waals surface area contributed by atoms with E-state index in [1.165, 1.54) is 22.8 Å². The lowest BCUT2D eigenvalue weighted by Crippen LogP contribution is -2.45. The van der Waals surface area contributed by atoms with Gasteiger partial charge in [0.15, 0.2) is 28.8 Å². The van der Waals surface area contributed by atoms with Crippen molar-refractivity contribution in [3.05, 3.63) is 42.5 Å². The number of imidazole rings is 1. The number of rotatable bonds is 6. The topological polar surface area (TPSA) is 138 Å². The summed E-state index contributed by atoms with van der Waals surface area (Å²) in [6, 6.07) is 8.07. The molecule has 0 amide bonds. The highest BCUT2D eigenvalue weighted by Gasteiger charge is 2.55. The van der Waals surface area contributed by atoms with Crippen LogP contribution < -0.4 is 5.32 Å². The molecule has 1 unspecified atom stereocenters. The summed E-state index contributed by atoms with van der Waals surface area (Å²) in [4.78, 5) is 17.4. The van der Waals surface area contributed by atoms with Crippen molar-refractivity contribution in [3.63, 3.8) is 0 Å². The normalized spacial score (nSPS) is 28.7. The lowest BCUT2D eigenvalue weighted by Gasteiger charge is -2.26. The van der Waals surface area contributed by atoms with Crippen LogP contribution in [0.3, 0.4) is 0 Å². The number of anilines is 1. The highest BCUT2D eigenvalue weighted by atomic mass is 16.6. The molecule has 4 N–H and O–H groups in total. The van der Waals surface area contributed by atoms with E-state index >= 15 is 0 Å². The van der Waals surface area contributed by atoms with Crippen LogP contribution >= 0.6 is 0 Å². The van der Waals surface area contributed by atoms with E-state index in [0.29, 0.717) is 23.5 Å². The molecule has 1 fully saturated rings. The van der Waals surface area contributed by atoms with Gasteiger partial charge in [-0.2, -0.15) is 0 Å². The quantitative estimate of drug-likeness (QED) is 0.417. The van der Waals surface area contributed by atoms with Crippen molar-refractivity contribution in [1.29, 1.82) is 0 Å². The fourth-order valence-corrected chi connectivity index (χ4v) is 4.25. The average Bonchev–Trinajstić information content (AvgIpc) is 3.50. The molecule has 1 saturated heterocycles. The van der Waals surface area contributed by atoms with Gasteiger partial charge in [0.2, 0.25) is 0 Å². The van der Waals surface area contributed by atoms with Gasteiger partial charge in [0.1, 0.15) is 18.5 Å². The zero-order valence-electron chi connectivity index (χ0n) is 17.0. The molecule has 5 rings (SSSR count). The number of aromatic nitrogens is 4. The second kappa shape index (κ2) is 7.96. The Morgan fingerprint density at radius 3 is 2.91 bits per heavy atom. The van der Waals surface area contributed by atoms with Crippen molar-refractivity contribution in [1.82, 2.24) is 19.5 Å². The number of nitrogens with zero attached hydrogens (tertiary/aromatic N) is 5. The lowest BCUT2D eigenvalue weighted by molar-refractivity contribution is -0.0721. The molecule has 0 aliphatic carbocycles. The fraction of sp³-hybridized carbons (Fsp3) is 0.364. The first kappa shape index (κ1) is 20.5. The SMILES string of the molecule is C#C[C@@]1(O)[C@H](O)[C@@H](CO)O[C@H]1n1cnc2c(NCCC3C=Nc4ccccc43)ncnc21. The van der Waals surface area contributed by atoms with Gasteiger partial charge in [-0.3, -0.25) is 9.56 Å². The van der Waals surface area contributed by atoms with E-state index in [4.69, 9.17) is 11.2 Å². The second-order valence-electron chi connectivity index (χ2n) is 7.83. The van der Waals surface area contributed by atoms with E-state index < -0.39 is 30.6 Å². The van der Waals surface area contributed by atoms with Crippen LogP contribution in [0.2, 0.25) is 0 Å². The Kier molecular flexibility index (Phi) is 5.11. The third kappa shape index (κ3) is 3.14. The van der Waals surface area contributed by atoms with Crippen molar-refractivity contribution < 1.29 is 20.1 Å². The molecule has 2 aliphatic rings. The van der Waals surface area contributed by atoms with Crippen molar-refractivity contribution in [3.8, 4) is 12.3 Å². The summed E-state index contributed by atoms with van der Waals surface area (Å²) >= 11 is 0. The summed E-state index contributed by atoms with van der Waals surface area (Å²) in [7, 11) is 0. The smallest absolute Gasteiger partial charge is 0.199 e. The van der Waals surface area contributed by atoms with Gasteiger partial charge in [-0.05, 0) is 18.1 Å². The summed E-state index contributed by atoms with van der Waals surface area (Å²) in [6.45, 7) is 0.132. The lowest BCUT2D eigenvalue weighted by atomic mass is 9.95. The number of para-hydroxylation sites is 1. The Morgan fingerprint density at radius 2 is 2.09 bits per heavy atom. The van der Waals surface area contributed by atoms with E-state index in [0.717, 1.165) is 12.1 Å². The van der Waals surface area contributed by atoms with Crippen molar-refractivity contribution in [2.45, 2.75) is 36.4 Å². The third-order valence-corrected chi connectivity index (χ3v) is 5.98. The number of ether oxygens (including phenoxy) is 1. The Hall–Kier alpha value is -3.36. The Balaban J connectivity index is 1.36. The first-order valence-corrected chi connectivity index (χ1v) is 10.3. The number of hydrogen-bond donors (Lipinski definition) is 4. The number of terminal acetylenes is 1. The van der Waals surface area contributed by atoms with E-state index in [9.17, 15) is 15.3 Å². The van der Waals surface area contributed by atoms with Gasteiger partial charge >= 0.3 is 0 Å². The number of aliphatic hydroxyl groups is 3. The molecule has 5 atom stereocenters. The van der Waals surface area contributed by atoms with Crippen LogP contribution in [0.15, 0.2) is 41.9 Å². The molecule has 1 aromatic carbocycles. The maximum atomic E-state index is 10.8. The minimum Gasteiger partial charge on any atom is -0.394 e. The Morgan fingerprint density at radius 1 is 1.25 bits per heavy atom. The molecule has 10 nitrogen and oxygen atoms in total. The molecule has 32 heavy (non-hydrogen) atoms. The van der Waals surface area contributed by atoms with E-state index in [1.807, 2.05) is 24.4 Å². The summed E-state index contributed by atoms with van der Waals surface area (Å²) in [5, 5.41) is 33.9. The zero-order valence-corrected chi connectivity index (χ0v) is 17.0. The summed E-state index contributed by atoms with van der Waals surface area (Å²) in [5.74, 6) is 2.95. The van der Waals surface area contributed by atoms with E-state index in [1.54, 1.807) is 0 Å². The Bertz CT molecular complexity index is 1220. The number of aliphatic imine (C=N–C) groups is 1. The number of nitrogens with one attached hydrogen (secondary N) is 1. The summed E-state index contributed by atoms with van der Waals surface area (Å²) in [5.41, 5.74) is 1.00. The van der Waals surface area contributed by atoms with Crippen LogP contribution in [0.5, 0.6) is 0 Å². The van der Waals surface area contributed by atoms with Gasteiger partial charge in [0, 0.05) is 18.7 Å². The van der Waals surface area contributed by atoms with Gasteiger partial charge in [0.25, 0.3) is 0 Å². The van der Waals surface area contributed by atoms with Gasteiger partial charge in [-0.15, -0.1) is 6.42 Å². The molecule has 3 aromatic rings. The molecule has 0 radical (unpaired) electrons. The van der Waals surface area contributed by atoms with Crippen LogP contribution in [0, 0.1) is 12.3 Å². The zero-order chi connectivity index (χ0) is 22.3. The van der Waals surface area contributed by atoms with Crippen LogP contribution in [0.25, 0.3) is 11.2 Å². The maximum Gasteiger partial charge on any atom is 0.199 e. The highest BCUT2D eigenvalue weighted by molar-refractivity contribution is 5.83. The average molecular weight is 434 g/mol. The van der Waals surface area contributed by atoms with E-state index in [-0.39, 0.29) is 5.92 Å². The highest BCUT2D eigenvalue weighted by Crippen LogP contribution is 2.39. The molecular weight excluding hydrogens is 412 g/mol. The Labute approximate surface area is 183 Å². The molecule has 2 aromatic heterocycles. The predicted molar refractivity (Wildman–Crippen MR) is 117 cm³/mol. The molecule has 0 spiro atoms. The maximum absolute atomic E-state index is 10.8. The molecular formula is C22H22N6O4. The minimum atomic E-state index is -2.05. The van der Waals surface area contributed by atoms with Crippen LogP contribution in [-0.2, 0) is 4.74 Å².